The minimum Gasteiger partial charge on any atom is -0.306 e. The first-order chi connectivity index (χ1) is 9.35. The molecule has 0 aliphatic carbocycles. The van der Waals surface area contributed by atoms with Crippen LogP contribution in [-0.4, -0.2) is 15.5 Å². The van der Waals surface area contributed by atoms with Crippen LogP contribution >= 0.6 is 11.6 Å². The summed E-state index contributed by atoms with van der Waals surface area (Å²) in [5, 5.41) is 3.88. The van der Waals surface area contributed by atoms with Gasteiger partial charge in [0.1, 0.15) is 5.82 Å². The topological polar surface area (TPSA) is 57.8 Å². The number of nitrogens with zero attached hydrogens (tertiary/aromatic N) is 1. The van der Waals surface area contributed by atoms with E-state index in [0.717, 1.165) is 5.56 Å². The first-order valence-corrected chi connectivity index (χ1v) is 6.83. The summed E-state index contributed by atoms with van der Waals surface area (Å²) in [4.78, 5) is 18.9. The average Bonchev–Trinajstić information content (AvgIpc) is 2.35. The minimum absolute atomic E-state index is 0.0329. The maximum atomic E-state index is 11.8. The lowest BCUT2D eigenvalue weighted by Crippen LogP contribution is -2.35. The van der Waals surface area contributed by atoms with E-state index in [1.54, 1.807) is 6.07 Å². The van der Waals surface area contributed by atoms with Crippen LogP contribution in [0.15, 0.2) is 35.1 Å². The van der Waals surface area contributed by atoms with Crippen molar-refractivity contribution in [3.63, 3.8) is 0 Å². The van der Waals surface area contributed by atoms with E-state index in [9.17, 15) is 4.79 Å². The van der Waals surface area contributed by atoms with E-state index < -0.39 is 0 Å². The zero-order valence-corrected chi connectivity index (χ0v) is 12.6. The third kappa shape index (κ3) is 3.92. The highest BCUT2D eigenvalue weighted by atomic mass is 35.5. The lowest BCUT2D eigenvalue weighted by Gasteiger charge is -2.20. The monoisotopic (exact) mass is 291 g/mol. The molecule has 106 valence electrons. The van der Waals surface area contributed by atoms with Crippen molar-refractivity contribution in [2.45, 2.75) is 32.9 Å². The van der Waals surface area contributed by atoms with Crippen LogP contribution in [0.1, 0.15) is 26.5 Å². The van der Waals surface area contributed by atoms with Gasteiger partial charge >= 0.3 is 0 Å². The lowest BCUT2D eigenvalue weighted by molar-refractivity contribution is 0.421. The first kappa shape index (κ1) is 14.8. The molecular weight excluding hydrogens is 274 g/mol. The molecule has 2 N–H and O–H groups in total. The van der Waals surface area contributed by atoms with Crippen LogP contribution in [-0.2, 0) is 6.54 Å². The summed E-state index contributed by atoms with van der Waals surface area (Å²) in [5.41, 5.74) is 1.21. The molecule has 0 aliphatic heterocycles. The molecule has 0 saturated carbocycles. The highest BCUT2D eigenvalue weighted by Crippen LogP contribution is 2.23. The molecule has 1 aromatic carbocycles. The molecule has 0 unspecified atom stereocenters. The van der Waals surface area contributed by atoms with Crippen LogP contribution in [0.4, 0.5) is 0 Å². The predicted molar refractivity (Wildman–Crippen MR) is 81.9 cm³/mol. The highest BCUT2D eigenvalue weighted by molar-refractivity contribution is 6.33. The molecule has 0 amide bonds. The van der Waals surface area contributed by atoms with Gasteiger partial charge in [0.05, 0.1) is 10.7 Å². The third-order valence-electron chi connectivity index (χ3n) is 2.72. The highest BCUT2D eigenvalue weighted by Gasteiger charge is 2.11. The number of rotatable bonds is 3. The van der Waals surface area contributed by atoms with Crippen molar-refractivity contribution in [3.05, 3.63) is 51.4 Å². The van der Waals surface area contributed by atoms with Gasteiger partial charge < -0.3 is 10.3 Å². The average molecular weight is 292 g/mol. The molecule has 2 rings (SSSR count). The van der Waals surface area contributed by atoms with Gasteiger partial charge in [-0.2, -0.15) is 0 Å². The molecule has 0 atom stereocenters. The second-order valence-electron chi connectivity index (χ2n) is 5.67. The van der Waals surface area contributed by atoms with Gasteiger partial charge in [-0.05, 0) is 32.9 Å². The first-order valence-electron chi connectivity index (χ1n) is 6.45. The molecule has 1 heterocycles. The number of benzene rings is 1. The predicted octanol–water partition coefficient (Wildman–Crippen LogP) is 2.98. The van der Waals surface area contributed by atoms with Crippen molar-refractivity contribution in [2.24, 2.45) is 0 Å². The van der Waals surface area contributed by atoms with Gasteiger partial charge in [0, 0.05) is 23.7 Å². The summed E-state index contributed by atoms with van der Waals surface area (Å²) >= 11 is 6.14. The Morgan fingerprint density at radius 3 is 2.65 bits per heavy atom. The van der Waals surface area contributed by atoms with Gasteiger partial charge in [0.25, 0.3) is 5.56 Å². The van der Waals surface area contributed by atoms with Gasteiger partial charge in [-0.15, -0.1) is 0 Å². The molecule has 0 fully saturated rings. The van der Waals surface area contributed by atoms with E-state index in [0.29, 0.717) is 23.1 Å². The van der Waals surface area contributed by atoms with E-state index in [1.807, 2.05) is 18.2 Å². The van der Waals surface area contributed by atoms with Crippen molar-refractivity contribution >= 4 is 11.6 Å². The Morgan fingerprint density at radius 1 is 1.30 bits per heavy atom. The Morgan fingerprint density at radius 2 is 2.00 bits per heavy atom. The van der Waals surface area contributed by atoms with Crippen molar-refractivity contribution in [1.29, 1.82) is 0 Å². The quantitative estimate of drug-likeness (QED) is 0.914. The number of nitrogens with one attached hydrogen (secondary N) is 2. The van der Waals surface area contributed by atoms with Crippen LogP contribution in [0, 0.1) is 0 Å². The maximum absolute atomic E-state index is 11.8. The molecule has 20 heavy (non-hydrogen) atoms. The molecule has 4 nitrogen and oxygen atoms in total. The number of halogens is 1. The smallest absolute Gasteiger partial charge is 0.251 e. The Kier molecular flexibility index (Phi) is 4.26. The fourth-order valence-corrected chi connectivity index (χ4v) is 1.96. The van der Waals surface area contributed by atoms with E-state index in [4.69, 9.17) is 11.6 Å². The van der Waals surface area contributed by atoms with E-state index >= 15 is 0 Å². The lowest BCUT2D eigenvalue weighted by atomic mass is 10.1. The third-order valence-corrected chi connectivity index (χ3v) is 3.05. The summed E-state index contributed by atoms with van der Waals surface area (Å²) in [7, 11) is 0. The fraction of sp³-hybridized carbons (Fsp3) is 0.333. The van der Waals surface area contributed by atoms with Gasteiger partial charge in [0.15, 0.2) is 0 Å². The van der Waals surface area contributed by atoms with Gasteiger partial charge in [-0.25, -0.2) is 4.98 Å². The number of aromatic nitrogens is 2. The molecule has 1 aromatic heterocycles. The van der Waals surface area contributed by atoms with E-state index in [1.165, 1.54) is 6.07 Å². The number of H-pyrrole nitrogens is 1. The normalized spacial score (nSPS) is 11.6. The Hall–Kier alpha value is -1.65. The summed E-state index contributed by atoms with van der Waals surface area (Å²) in [6, 6.07) is 8.81. The van der Waals surface area contributed by atoms with E-state index in [2.05, 4.69) is 36.1 Å². The minimum atomic E-state index is -0.180. The van der Waals surface area contributed by atoms with Crippen LogP contribution in [0.5, 0.6) is 0 Å². The number of hydrogen-bond acceptors (Lipinski definition) is 3. The van der Waals surface area contributed by atoms with Crippen LogP contribution < -0.4 is 10.9 Å². The van der Waals surface area contributed by atoms with Crippen molar-refractivity contribution in [1.82, 2.24) is 15.3 Å². The van der Waals surface area contributed by atoms with E-state index in [-0.39, 0.29) is 11.1 Å². The molecule has 0 saturated heterocycles. The van der Waals surface area contributed by atoms with Crippen molar-refractivity contribution in [2.75, 3.05) is 0 Å². The Balaban J connectivity index is 2.35. The summed E-state index contributed by atoms with van der Waals surface area (Å²) in [6.07, 6.45) is 0. The fourth-order valence-electron chi connectivity index (χ4n) is 1.74. The number of hydrogen-bond donors (Lipinski definition) is 2. The Labute approximate surface area is 123 Å². The van der Waals surface area contributed by atoms with Crippen LogP contribution in [0.2, 0.25) is 5.02 Å². The summed E-state index contributed by atoms with van der Waals surface area (Å²) in [5.74, 6) is 0.494. The van der Waals surface area contributed by atoms with Crippen LogP contribution in [0.3, 0.4) is 0 Å². The molecule has 0 radical (unpaired) electrons. The van der Waals surface area contributed by atoms with Crippen LogP contribution in [0.25, 0.3) is 11.4 Å². The molecular formula is C15H18ClN3O. The second kappa shape index (κ2) is 5.77. The van der Waals surface area contributed by atoms with Gasteiger partial charge in [0.2, 0.25) is 0 Å². The Bertz CT molecular complexity index is 659. The largest absolute Gasteiger partial charge is 0.306 e. The molecule has 5 heteroatoms. The summed E-state index contributed by atoms with van der Waals surface area (Å²) < 4.78 is 0. The maximum Gasteiger partial charge on any atom is 0.251 e. The van der Waals surface area contributed by atoms with Crippen molar-refractivity contribution in [3.8, 4) is 11.4 Å². The number of aromatic amines is 1. The van der Waals surface area contributed by atoms with Gasteiger partial charge in [-0.3, -0.25) is 4.79 Å². The van der Waals surface area contributed by atoms with Crippen molar-refractivity contribution < 1.29 is 0 Å². The SMILES string of the molecule is CC(C)(C)NCc1cc(=O)[nH]c(-c2ccccc2Cl)n1. The molecule has 0 aliphatic rings. The summed E-state index contributed by atoms with van der Waals surface area (Å²) in [6.45, 7) is 6.73. The molecule has 2 aromatic rings. The second-order valence-corrected chi connectivity index (χ2v) is 6.08. The standard InChI is InChI=1S/C15H18ClN3O/c1-15(2,3)17-9-10-8-13(20)19-14(18-10)11-6-4-5-7-12(11)16/h4-8,17H,9H2,1-3H3,(H,18,19,20). The molecule has 0 spiro atoms. The molecule has 0 bridgehead atoms. The zero-order chi connectivity index (χ0) is 14.8. The van der Waals surface area contributed by atoms with Gasteiger partial charge in [-0.1, -0.05) is 23.7 Å². The zero-order valence-electron chi connectivity index (χ0n) is 11.8.